The molecule has 0 saturated heterocycles. The van der Waals surface area contributed by atoms with Gasteiger partial charge in [-0.1, -0.05) is 18.2 Å². The van der Waals surface area contributed by atoms with Gasteiger partial charge in [-0.05, 0) is 49.4 Å². The molecule has 1 heterocycles. The van der Waals surface area contributed by atoms with E-state index in [9.17, 15) is 9.59 Å². The Balaban J connectivity index is 1.44. The molecule has 1 aromatic carbocycles. The summed E-state index contributed by atoms with van der Waals surface area (Å²) in [5.41, 5.74) is 1.97. The van der Waals surface area contributed by atoms with Crippen LogP contribution in [-0.4, -0.2) is 24.9 Å². The van der Waals surface area contributed by atoms with Crippen molar-refractivity contribution in [3.05, 3.63) is 57.3 Å². The Labute approximate surface area is 139 Å². The maximum Gasteiger partial charge on any atom is 0.261 e. The van der Waals surface area contributed by atoms with Crippen LogP contribution >= 0.6 is 11.3 Å². The molecule has 4 nitrogen and oxygen atoms in total. The van der Waals surface area contributed by atoms with Gasteiger partial charge in [-0.15, -0.1) is 11.3 Å². The smallest absolute Gasteiger partial charge is 0.261 e. The highest BCUT2D eigenvalue weighted by atomic mass is 32.1. The minimum absolute atomic E-state index is 0.0432. The Morgan fingerprint density at radius 2 is 1.65 bits per heavy atom. The summed E-state index contributed by atoms with van der Waals surface area (Å²) in [6.45, 7) is 0.852. The number of thiophene rings is 1. The third-order valence-corrected chi connectivity index (χ3v) is 5.19. The van der Waals surface area contributed by atoms with Crippen molar-refractivity contribution < 1.29 is 9.59 Å². The van der Waals surface area contributed by atoms with Crippen LogP contribution in [0.2, 0.25) is 0 Å². The molecule has 1 aliphatic carbocycles. The first-order valence-electron chi connectivity index (χ1n) is 7.97. The molecule has 0 radical (unpaired) electrons. The zero-order chi connectivity index (χ0) is 16.1. The number of nitrogens with one attached hydrogen (secondary N) is 2. The zero-order valence-corrected chi connectivity index (χ0v) is 13.7. The zero-order valence-electron chi connectivity index (χ0n) is 12.9. The first-order chi connectivity index (χ1) is 11.2. The number of fused-ring (bicyclic) bond motifs is 1. The van der Waals surface area contributed by atoms with E-state index in [4.69, 9.17) is 0 Å². The van der Waals surface area contributed by atoms with Crippen LogP contribution in [0.3, 0.4) is 0 Å². The third-order valence-electron chi connectivity index (χ3n) is 3.95. The minimum Gasteiger partial charge on any atom is -0.350 e. The van der Waals surface area contributed by atoms with Crippen molar-refractivity contribution in [2.75, 3.05) is 13.1 Å². The molecule has 2 amide bonds. The predicted octanol–water partition coefficient (Wildman–Crippen LogP) is 2.79. The number of rotatable bonds is 5. The summed E-state index contributed by atoms with van der Waals surface area (Å²) in [4.78, 5) is 26.2. The molecular weight excluding hydrogens is 308 g/mol. The van der Waals surface area contributed by atoms with E-state index in [-0.39, 0.29) is 11.8 Å². The summed E-state index contributed by atoms with van der Waals surface area (Å²) >= 11 is 1.61. The molecule has 1 aromatic heterocycles. The standard InChI is InChI=1S/C18H20N2O2S/c21-17(13-6-2-1-3-7-13)19-10-11-20-18(22)16-12-14-8-4-5-9-15(14)23-16/h1-3,6-7,12H,4-5,8-11H2,(H,19,21)(H,20,22). The Morgan fingerprint density at radius 3 is 2.39 bits per heavy atom. The first-order valence-corrected chi connectivity index (χ1v) is 8.79. The highest BCUT2D eigenvalue weighted by Crippen LogP contribution is 2.29. The minimum atomic E-state index is -0.119. The van der Waals surface area contributed by atoms with Crippen LogP contribution in [0, 0.1) is 0 Å². The van der Waals surface area contributed by atoms with Crippen molar-refractivity contribution in [1.82, 2.24) is 10.6 Å². The number of carbonyl (C=O) groups is 2. The average molecular weight is 328 g/mol. The molecule has 3 rings (SSSR count). The highest BCUT2D eigenvalue weighted by molar-refractivity contribution is 7.14. The summed E-state index contributed by atoms with van der Waals surface area (Å²) in [5.74, 6) is -0.162. The second-order valence-corrected chi connectivity index (χ2v) is 6.78. The predicted molar refractivity (Wildman–Crippen MR) is 92.1 cm³/mol. The molecule has 0 saturated carbocycles. The molecule has 0 atom stereocenters. The molecule has 0 fully saturated rings. The lowest BCUT2D eigenvalue weighted by Gasteiger charge is -2.08. The first kappa shape index (κ1) is 15.7. The molecule has 0 spiro atoms. The van der Waals surface area contributed by atoms with Gasteiger partial charge in [0.05, 0.1) is 4.88 Å². The van der Waals surface area contributed by atoms with E-state index in [1.807, 2.05) is 24.3 Å². The van der Waals surface area contributed by atoms with Crippen LogP contribution in [0.4, 0.5) is 0 Å². The van der Waals surface area contributed by atoms with E-state index in [0.29, 0.717) is 18.7 Å². The van der Waals surface area contributed by atoms with Gasteiger partial charge in [-0.25, -0.2) is 0 Å². The van der Waals surface area contributed by atoms with E-state index >= 15 is 0 Å². The van der Waals surface area contributed by atoms with Crippen LogP contribution in [0.1, 0.15) is 43.3 Å². The van der Waals surface area contributed by atoms with Gasteiger partial charge in [-0.2, -0.15) is 0 Å². The van der Waals surface area contributed by atoms with E-state index in [1.54, 1.807) is 23.5 Å². The number of amides is 2. The summed E-state index contributed by atoms with van der Waals surface area (Å²) < 4.78 is 0. The molecular formula is C18H20N2O2S. The number of aryl methyl sites for hydroxylation is 2. The van der Waals surface area contributed by atoms with Gasteiger partial charge in [-0.3, -0.25) is 9.59 Å². The SMILES string of the molecule is O=C(NCCNC(=O)c1cc2c(s1)CCCC2)c1ccccc1. The van der Waals surface area contributed by atoms with Crippen molar-refractivity contribution in [1.29, 1.82) is 0 Å². The molecule has 0 unspecified atom stereocenters. The van der Waals surface area contributed by atoms with Gasteiger partial charge >= 0.3 is 0 Å². The molecule has 120 valence electrons. The third kappa shape index (κ3) is 3.99. The Bertz CT molecular complexity index is 671. The van der Waals surface area contributed by atoms with E-state index in [2.05, 4.69) is 10.6 Å². The fraction of sp³-hybridized carbons (Fsp3) is 0.333. The molecule has 0 bridgehead atoms. The molecule has 2 aromatic rings. The summed E-state index contributed by atoms with van der Waals surface area (Å²) in [6, 6.07) is 11.1. The summed E-state index contributed by atoms with van der Waals surface area (Å²) in [5, 5.41) is 5.68. The molecule has 2 N–H and O–H groups in total. The molecule has 1 aliphatic rings. The number of hydrogen-bond acceptors (Lipinski definition) is 3. The van der Waals surface area contributed by atoms with Crippen LogP contribution in [0.25, 0.3) is 0 Å². The van der Waals surface area contributed by atoms with Crippen molar-refractivity contribution in [3.63, 3.8) is 0 Å². The van der Waals surface area contributed by atoms with Crippen molar-refractivity contribution in [2.45, 2.75) is 25.7 Å². The van der Waals surface area contributed by atoms with Gasteiger partial charge in [0.15, 0.2) is 0 Å². The lowest BCUT2D eigenvalue weighted by atomic mass is 9.99. The maximum atomic E-state index is 12.2. The van der Waals surface area contributed by atoms with Gasteiger partial charge in [0.2, 0.25) is 0 Å². The van der Waals surface area contributed by atoms with Crippen molar-refractivity contribution >= 4 is 23.2 Å². The monoisotopic (exact) mass is 328 g/mol. The lowest BCUT2D eigenvalue weighted by molar-refractivity contribution is 0.0929. The quantitative estimate of drug-likeness (QED) is 0.829. The van der Waals surface area contributed by atoms with E-state index in [0.717, 1.165) is 17.7 Å². The van der Waals surface area contributed by atoms with Gasteiger partial charge in [0.1, 0.15) is 0 Å². The normalized spacial score (nSPS) is 13.2. The Kier molecular flexibility index (Phi) is 5.08. The maximum absolute atomic E-state index is 12.2. The topological polar surface area (TPSA) is 58.2 Å². The molecule has 23 heavy (non-hydrogen) atoms. The van der Waals surface area contributed by atoms with Crippen LogP contribution < -0.4 is 10.6 Å². The Hall–Kier alpha value is -2.14. The fourth-order valence-corrected chi connectivity index (χ4v) is 3.90. The average Bonchev–Trinajstić information content (AvgIpc) is 3.03. The second-order valence-electron chi connectivity index (χ2n) is 5.64. The Morgan fingerprint density at radius 1 is 0.957 bits per heavy atom. The number of benzene rings is 1. The summed E-state index contributed by atoms with van der Waals surface area (Å²) in [7, 11) is 0. The molecule has 5 heteroatoms. The van der Waals surface area contributed by atoms with Crippen LogP contribution in [0.5, 0.6) is 0 Å². The highest BCUT2D eigenvalue weighted by Gasteiger charge is 2.16. The number of hydrogen-bond donors (Lipinski definition) is 2. The molecule has 0 aliphatic heterocycles. The summed E-state index contributed by atoms with van der Waals surface area (Å²) in [6.07, 6.45) is 4.63. The number of carbonyl (C=O) groups excluding carboxylic acids is 2. The fourth-order valence-electron chi connectivity index (χ4n) is 2.73. The van der Waals surface area contributed by atoms with Crippen molar-refractivity contribution in [3.8, 4) is 0 Å². The van der Waals surface area contributed by atoms with E-state index in [1.165, 1.54) is 23.3 Å². The van der Waals surface area contributed by atoms with E-state index < -0.39 is 0 Å². The van der Waals surface area contributed by atoms with Gasteiger partial charge < -0.3 is 10.6 Å². The largest absolute Gasteiger partial charge is 0.350 e. The van der Waals surface area contributed by atoms with Gasteiger partial charge in [0.25, 0.3) is 11.8 Å². The second kappa shape index (κ2) is 7.42. The van der Waals surface area contributed by atoms with Gasteiger partial charge in [0, 0.05) is 23.5 Å². The van der Waals surface area contributed by atoms with Crippen LogP contribution in [0.15, 0.2) is 36.4 Å². The lowest BCUT2D eigenvalue weighted by Crippen LogP contribution is -2.34. The van der Waals surface area contributed by atoms with Crippen molar-refractivity contribution in [2.24, 2.45) is 0 Å². The van der Waals surface area contributed by atoms with Crippen LogP contribution in [-0.2, 0) is 12.8 Å².